The number of aliphatic hydroxyl groups excluding tert-OH is 1. The van der Waals surface area contributed by atoms with Crippen LogP contribution in [0.5, 0.6) is 0 Å². The Bertz CT molecular complexity index is 453. The van der Waals surface area contributed by atoms with Crippen molar-refractivity contribution >= 4 is 17.4 Å². The molecule has 2 amide bonds. The first-order valence-electron chi connectivity index (χ1n) is 7.68. The summed E-state index contributed by atoms with van der Waals surface area (Å²) in [6, 6.07) is 4.05. The Hall–Kier alpha value is -1.11. The minimum Gasteiger partial charge on any atom is -0.392 e. The van der Waals surface area contributed by atoms with E-state index in [1.54, 1.807) is 11.3 Å². The maximum Gasteiger partial charge on any atom is 0.317 e. The third-order valence-corrected chi connectivity index (χ3v) is 5.14. The molecule has 1 aromatic heterocycles. The molecule has 1 aromatic rings. The van der Waals surface area contributed by atoms with Gasteiger partial charge in [0.15, 0.2) is 0 Å². The normalized spacial score (nSPS) is 21.3. The first-order chi connectivity index (χ1) is 10.2. The van der Waals surface area contributed by atoms with Crippen molar-refractivity contribution in [2.45, 2.75) is 25.5 Å². The van der Waals surface area contributed by atoms with Crippen LogP contribution < -0.4 is 5.32 Å². The molecule has 0 unspecified atom stereocenters. The molecule has 1 aliphatic heterocycles. The van der Waals surface area contributed by atoms with Crippen molar-refractivity contribution < 1.29 is 9.90 Å². The van der Waals surface area contributed by atoms with Crippen molar-refractivity contribution in [1.82, 2.24) is 15.1 Å². The molecule has 1 atom stereocenters. The fourth-order valence-corrected chi connectivity index (χ4v) is 3.36. The van der Waals surface area contributed by atoms with Crippen LogP contribution in [0, 0.1) is 5.92 Å². The fourth-order valence-electron chi connectivity index (χ4n) is 2.72. The third-order valence-electron chi connectivity index (χ3n) is 4.26. The lowest BCUT2D eigenvalue weighted by Crippen LogP contribution is -2.53. The molecule has 0 bridgehead atoms. The molecule has 2 N–H and O–H groups in total. The van der Waals surface area contributed by atoms with E-state index < -0.39 is 0 Å². The minimum atomic E-state index is -0.177. The summed E-state index contributed by atoms with van der Waals surface area (Å²) in [5.41, 5.74) is 0. The number of hydrogen-bond donors (Lipinski definition) is 2. The second kappa shape index (κ2) is 6.77. The molecular formula is C15H23N3O2S. The molecule has 2 fully saturated rings. The van der Waals surface area contributed by atoms with Crippen LogP contribution in [-0.4, -0.2) is 59.8 Å². The Labute approximate surface area is 129 Å². The molecule has 21 heavy (non-hydrogen) atoms. The van der Waals surface area contributed by atoms with Gasteiger partial charge in [-0.05, 0) is 30.2 Å². The van der Waals surface area contributed by atoms with E-state index in [0.717, 1.165) is 32.7 Å². The molecule has 2 aliphatic rings. The Balaban J connectivity index is 1.37. The van der Waals surface area contributed by atoms with Gasteiger partial charge in [0.25, 0.3) is 0 Å². The number of urea groups is 1. The summed E-state index contributed by atoms with van der Waals surface area (Å²) in [6.07, 6.45) is 2.17. The number of nitrogens with zero attached hydrogens (tertiary/aromatic N) is 2. The summed E-state index contributed by atoms with van der Waals surface area (Å²) in [5.74, 6) is 0.525. The summed E-state index contributed by atoms with van der Waals surface area (Å²) in [5, 5.41) is 15.0. The van der Waals surface area contributed by atoms with Gasteiger partial charge >= 0.3 is 6.03 Å². The van der Waals surface area contributed by atoms with Crippen molar-refractivity contribution in [2.75, 3.05) is 32.7 Å². The second-order valence-corrected chi connectivity index (χ2v) is 6.96. The van der Waals surface area contributed by atoms with Crippen LogP contribution in [0.3, 0.4) is 0 Å². The van der Waals surface area contributed by atoms with E-state index in [-0.39, 0.29) is 12.1 Å². The summed E-state index contributed by atoms with van der Waals surface area (Å²) in [4.78, 5) is 17.4. The van der Waals surface area contributed by atoms with Crippen LogP contribution in [-0.2, 0) is 6.54 Å². The summed E-state index contributed by atoms with van der Waals surface area (Å²) < 4.78 is 0. The number of thiophene rings is 1. The van der Waals surface area contributed by atoms with E-state index in [4.69, 9.17) is 0 Å². The highest BCUT2D eigenvalue weighted by atomic mass is 32.1. The lowest BCUT2D eigenvalue weighted by Gasteiger charge is -2.35. The first kappa shape index (κ1) is 14.8. The highest BCUT2D eigenvalue weighted by Gasteiger charge is 2.32. The molecular weight excluding hydrogens is 286 g/mol. The summed E-state index contributed by atoms with van der Waals surface area (Å²) >= 11 is 1.66. The molecule has 3 rings (SSSR count). The van der Waals surface area contributed by atoms with Gasteiger partial charge in [-0.15, -0.1) is 11.3 Å². The molecule has 2 heterocycles. The van der Waals surface area contributed by atoms with Gasteiger partial charge in [-0.2, -0.15) is 0 Å². The standard InChI is InChI=1S/C15H23N3O2S/c19-14(12-3-4-12)11-17-5-7-18(8-6-17)15(20)16-10-13-2-1-9-21-13/h1-2,9,12,14,19H,3-8,10-11H2,(H,16,20)/t14-/m0/s1. The molecule has 116 valence electrons. The van der Waals surface area contributed by atoms with Crippen molar-refractivity contribution in [3.8, 4) is 0 Å². The summed E-state index contributed by atoms with van der Waals surface area (Å²) in [7, 11) is 0. The quantitative estimate of drug-likeness (QED) is 0.863. The number of aliphatic hydroxyl groups is 1. The van der Waals surface area contributed by atoms with Gasteiger partial charge in [0.05, 0.1) is 12.6 Å². The highest BCUT2D eigenvalue weighted by Crippen LogP contribution is 2.32. The van der Waals surface area contributed by atoms with Crippen LogP contribution in [0.1, 0.15) is 17.7 Å². The molecule has 6 heteroatoms. The lowest BCUT2D eigenvalue weighted by atomic mass is 10.2. The van der Waals surface area contributed by atoms with E-state index in [1.165, 1.54) is 17.7 Å². The predicted molar refractivity (Wildman–Crippen MR) is 83.3 cm³/mol. The van der Waals surface area contributed by atoms with Crippen molar-refractivity contribution in [1.29, 1.82) is 0 Å². The zero-order valence-corrected chi connectivity index (χ0v) is 13.0. The Morgan fingerprint density at radius 3 is 2.76 bits per heavy atom. The Morgan fingerprint density at radius 1 is 1.38 bits per heavy atom. The number of rotatable bonds is 5. The van der Waals surface area contributed by atoms with E-state index >= 15 is 0 Å². The predicted octanol–water partition coefficient (Wildman–Crippen LogP) is 1.35. The number of nitrogens with one attached hydrogen (secondary N) is 1. The molecule has 1 saturated carbocycles. The van der Waals surface area contributed by atoms with Gasteiger partial charge < -0.3 is 15.3 Å². The summed E-state index contributed by atoms with van der Waals surface area (Å²) in [6.45, 7) is 4.57. The van der Waals surface area contributed by atoms with Crippen LogP contribution in [0.2, 0.25) is 0 Å². The number of carbonyl (C=O) groups is 1. The van der Waals surface area contributed by atoms with Crippen LogP contribution in [0.15, 0.2) is 17.5 Å². The lowest BCUT2D eigenvalue weighted by molar-refractivity contribution is 0.0696. The zero-order chi connectivity index (χ0) is 14.7. The van der Waals surface area contributed by atoms with E-state index in [9.17, 15) is 9.90 Å². The largest absolute Gasteiger partial charge is 0.392 e. The molecule has 1 aliphatic carbocycles. The highest BCUT2D eigenvalue weighted by molar-refractivity contribution is 7.09. The van der Waals surface area contributed by atoms with Crippen LogP contribution in [0.25, 0.3) is 0 Å². The fraction of sp³-hybridized carbons (Fsp3) is 0.667. The second-order valence-electron chi connectivity index (χ2n) is 5.93. The third kappa shape index (κ3) is 4.18. The number of β-amino-alcohol motifs (C(OH)–C–C–N with tert-alkyl or cyclic N) is 1. The minimum absolute atomic E-state index is 0.0193. The molecule has 5 nitrogen and oxygen atoms in total. The molecule has 0 radical (unpaired) electrons. The van der Waals surface area contributed by atoms with Gasteiger partial charge in [0, 0.05) is 37.6 Å². The zero-order valence-electron chi connectivity index (χ0n) is 12.2. The van der Waals surface area contributed by atoms with Gasteiger partial charge in [0.1, 0.15) is 0 Å². The smallest absolute Gasteiger partial charge is 0.317 e. The SMILES string of the molecule is O=C(NCc1cccs1)N1CCN(C[C@H](O)C2CC2)CC1. The van der Waals surface area contributed by atoms with Crippen molar-refractivity contribution in [3.05, 3.63) is 22.4 Å². The van der Waals surface area contributed by atoms with Gasteiger partial charge in [-0.1, -0.05) is 6.07 Å². The van der Waals surface area contributed by atoms with E-state index in [1.807, 2.05) is 22.4 Å². The molecule has 1 saturated heterocycles. The number of amides is 2. The van der Waals surface area contributed by atoms with Gasteiger partial charge in [0.2, 0.25) is 0 Å². The van der Waals surface area contributed by atoms with Gasteiger partial charge in [-0.25, -0.2) is 4.79 Å². The monoisotopic (exact) mass is 309 g/mol. The van der Waals surface area contributed by atoms with E-state index in [0.29, 0.717) is 12.5 Å². The Morgan fingerprint density at radius 2 is 2.14 bits per heavy atom. The maximum absolute atomic E-state index is 12.1. The molecule has 0 spiro atoms. The van der Waals surface area contributed by atoms with Crippen LogP contribution in [0.4, 0.5) is 4.79 Å². The van der Waals surface area contributed by atoms with E-state index in [2.05, 4.69) is 10.2 Å². The van der Waals surface area contributed by atoms with Crippen LogP contribution >= 0.6 is 11.3 Å². The Kier molecular flexibility index (Phi) is 4.77. The van der Waals surface area contributed by atoms with Crippen molar-refractivity contribution in [3.63, 3.8) is 0 Å². The first-order valence-corrected chi connectivity index (χ1v) is 8.56. The topological polar surface area (TPSA) is 55.8 Å². The average Bonchev–Trinajstić information content (AvgIpc) is 3.23. The average molecular weight is 309 g/mol. The maximum atomic E-state index is 12.1. The molecule has 0 aromatic carbocycles. The van der Waals surface area contributed by atoms with Crippen molar-refractivity contribution in [2.24, 2.45) is 5.92 Å². The van der Waals surface area contributed by atoms with Gasteiger partial charge in [-0.3, -0.25) is 4.90 Å². The number of hydrogen-bond acceptors (Lipinski definition) is 4. The number of piperazine rings is 1. The number of carbonyl (C=O) groups excluding carboxylic acids is 1.